The Hall–Kier alpha value is -3.22. The monoisotopic (exact) mass is 432 g/mol. The van der Waals surface area contributed by atoms with Crippen LogP contribution in [0.2, 0.25) is 0 Å². The van der Waals surface area contributed by atoms with Gasteiger partial charge in [0.1, 0.15) is 5.75 Å². The average Bonchev–Trinajstić information content (AvgIpc) is 3.08. The Kier molecular flexibility index (Phi) is 6.83. The van der Waals surface area contributed by atoms with Crippen LogP contribution in [0, 0.1) is 5.92 Å². The highest BCUT2D eigenvalue weighted by molar-refractivity contribution is 6.07. The number of piperidine rings is 1. The van der Waals surface area contributed by atoms with Crippen LogP contribution in [-0.4, -0.2) is 47.6 Å². The normalized spacial score (nSPS) is 24.3. The summed E-state index contributed by atoms with van der Waals surface area (Å²) in [6, 6.07) is 16.3. The number of nitrogens with one attached hydrogen (secondary N) is 1. The Morgan fingerprint density at radius 2 is 1.81 bits per heavy atom. The lowest BCUT2D eigenvalue weighted by atomic mass is 9.85. The van der Waals surface area contributed by atoms with Gasteiger partial charge in [-0.1, -0.05) is 72.8 Å². The number of aliphatic hydroxyl groups excluding tert-OH is 1. The molecule has 0 spiro atoms. The van der Waals surface area contributed by atoms with Gasteiger partial charge in [0.25, 0.3) is 0 Å². The lowest BCUT2D eigenvalue weighted by Crippen LogP contribution is -2.52. The van der Waals surface area contributed by atoms with Gasteiger partial charge in [-0.3, -0.25) is 19.8 Å². The minimum Gasteiger partial charge on any atom is -0.496 e. The van der Waals surface area contributed by atoms with Crippen molar-refractivity contribution in [3.8, 4) is 5.75 Å². The molecular formula is C26H28N2O4. The van der Waals surface area contributed by atoms with Crippen molar-refractivity contribution in [2.75, 3.05) is 13.7 Å². The Bertz CT molecular complexity index is 1020. The van der Waals surface area contributed by atoms with Crippen LogP contribution in [-0.2, 0) is 9.59 Å². The van der Waals surface area contributed by atoms with Crippen LogP contribution >= 0.6 is 0 Å². The van der Waals surface area contributed by atoms with Gasteiger partial charge in [0.05, 0.1) is 25.2 Å². The number of imide groups is 1. The average molecular weight is 433 g/mol. The third-order valence-corrected chi connectivity index (χ3v) is 6.16. The van der Waals surface area contributed by atoms with Gasteiger partial charge < -0.3 is 9.84 Å². The number of nitrogens with zero attached hydrogens (tertiary/aromatic N) is 1. The first-order chi connectivity index (χ1) is 15.6. The van der Waals surface area contributed by atoms with Crippen LogP contribution in [0.3, 0.4) is 0 Å². The molecule has 2 amide bonds. The van der Waals surface area contributed by atoms with Gasteiger partial charge >= 0.3 is 0 Å². The maximum absolute atomic E-state index is 12.9. The molecule has 0 unspecified atom stereocenters. The van der Waals surface area contributed by atoms with E-state index in [1.807, 2.05) is 72.8 Å². The van der Waals surface area contributed by atoms with E-state index in [1.54, 1.807) is 13.2 Å². The molecule has 0 radical (unpaired) electrons. The van der Waals surface area contributed by atoms with Crippen LogP contribution in [0.5, 0.6) is 5.75 Å². The molecule has 2 aliphatic heterocycles. The summed E-state index contributed by atoms with van der Waals surface area (Å²) in [5.41, 5.74) is 1.76. The van der Waals surface area contributed by atoms with E-state index >= 15 is 0 Å². The highest BCUT2D eigenvalue weighted by atomic mass is 16.5. The fraction of sp³-hybridized carbons (Fsp3) is 0.308. The summed E-state index contributed by atoms with van der Waals surface area (Å²) < 4.78 is 5.36. The second-order valence-corrected chi connectivity index (χ2v) is 8.11. The van der Waals surface area contributed by atoms with Gasteiger partial charge in [-0.05, 0) is 24.5 Å². The van der Waals surface area contributed by atoms with Crippen molar-refractivity contribution in [3.63, 3.8) is 0 Å². The van der Waals surface area contributed by atoms with Gasteiger partial charge in [-0.2, -0.15) is 0 Å². The minimum atomic E-state index is -0.827. The number of allylic oxidation sites excluding steroid dienone is 2. The van der Waals surface area contributed by atoms with Crippen LogP contribution in [0.4, 0.5) is 0 Å². The molecule has 2 fully saturated rings. The summed E-state index contributed by atoms with van der Waals surface area (Å²) in [6.45, 7) is 0.241. The van der Waals surface area contributed by atoms with E-state index in [-0.39, 0.29) is 30.3 Å². The number of hydrogen-bond acceptors (Lipinski definition) is 5. The topological polar surface area (TPSA) is 78.9 Å². The smallest absolute Gasteiger partial charge is 0.247 e. The fourth-order valence-corrected chi connectivity index (χ4v) is 4.47. The van der Waals surface area contributed by atoms with E-state index in [2.05, 4.69) is 5.32 Å². The molecule has 2 heterocycles. The van der Waals surface area contributed by atoms with E-state index in [0.717, 1.165) is 5.56 Å². The van der Waals surface area contributed by atoms with E-state index in [1.165, 1.54) is 4.90 Å². The van der Waals surface area contributed by atoms with Crippen LogP contribution in [0.1, 0.15) is 30.1 Å². The van der Waals surface area contributed by atoms with E-state index in [4.69, 9.17) is 4.74 Å². The zero-order valence-corrected chi connectivity index (χ0v) is 18.1. The zero-order valence-electron chi connectivity index (χ0n) is 18.1. The molecular weight excluding hydrogens is 404 g/mol. The molecule has 4 atom stereocenters. The Morgan fingerprint density at radius 3 is 2.59 bits per heavy atom. The third-order valence-electron chi connectivity index (χ3n) is 6.16. The molecule has 2 aromatic carbocycles. The van der Waals surface area contributed by atoms with Crippen molar-refractivity contribution in [2.45, 2.75) is 31.0 Å². The van der Waals surface area contributed by atoms with Gasteiger partial charge in [-0.15, -0.1) is 0 Å². The molecule has 166 valence electrons. The second kappa shape index (κ2) is 9.94. The number of likely N-dealkylation sites (tertiary alicyclic amines) is 1. The summed E-state index contributed by atoms with van der Waals surface area (Å²) in [7, 11) is 1.56. The summed E-state index contributed by atoms with van der Waals surface area (Å²) >= 11 is 0. The number of fused-ring (bicyclic) bond motifs is 1. The number of hydrogen-bond donors (Lipinski definition) is 2. The lowest BCUT2D eigenvalue weighted by molar-refractivity contribution is -0.138. The van der Waals surface area contributed by atoms with E-state index < -0.39 is 12.1 Å². The molecule has 2 N–H and O–H groups in total. The molecule has 6 heteroatoms. The number of carbonyl (C=O) groups is 2. The number of ether oxygens (including phenoxy) is 1. The predicted octanol–water partition coefficient (Wildman–Crippen LogP) is 3.10. The van der Waals surface area contributed by atoms with Gasteiger partial charge in [-0.25, -0.2) is 0 Å². The molecule has 6 nitrogen and oxygen atoms in total. The van der Waals surface area contributed by atoms with Gasteiger partial charge in [0.2, 0.25) is 11.8 Å². The highest BCUT2D eigenvalue weighted by Gasteiger charge is 2.50. The molecule has 2 saturated heterocycles. The largest absolute Gasteiger partial charge is 0.496 e. The first kappa shape index (κ1) is 22.0. The molecule has 0 aromatic heterocycles. The summed E-state index contributed by atoms with van der Waals surface area (Å²) in [5, 5.41) is 14.2. The minimum absolute atomic E-state index is 0.144. The quantitative estimate of drug-likeness (QED) is 0.519. The first-order valence-corrected chi connectivity index (χ1v) is 10.9. The highest BCUT2D eigenvalue weighted by Crippen LogP contribution is 2.35. The predicted molar refractivity (Wildman–Crippen MR) is 123 cm³/mol. The van der Waals surface area contributed by atoms with Crippen molar-refractivity contribution < 1.29 is 19.4 Å². The molecule has 0 bridgehead atoms. The fourth-order valence-electron chi connectivity index (χ4n) is 4.47. The molecule has 4 rings (SSSR count). The molecule has 0 saturated carbocycles. The zero-order chi connectivity index (χ0) is 22.5. The number of methoxy groups -OCH3 is 1. The third kappa shape index (κ3) is 4.52. The number of aliphatic hydroxyl groups is 1. The first-order valence-electron chi connectivity index (χ1n) is 10.9. The molecule has 32 heavy (non-hydrogen) atoms. The van der Waals surface area contributed by atoms with Crippen molar-refractivity contribution in [3.05, 3.63) is 84.0 Å². The molecule has 2 aromatic rings. The van der Waals surface area contributed by atoms with E-state index in [9.17, 15) is 14.7 Å². The number of amides is 2. The van der Waals surface area contributed by atoms with Crippen molar-refractivity contribution in [2.24, 2.45) is 5.92 Å². The number of carbonyl (C=O) groups excluding carboxylic acids is 2. The lowest BCUT2D eigenvalue weighted by Gasteiger charge is -2.34. The Balaban J connectivity index is 1.38. The summed E-state index contributed by atoms with van der Waals surface area (Å²) in [5.74, 6) is -0.145. The van der Waals surface area contributed by atoms with Gasteiger partial charge in [0.15, 0.2) is 0 Å². The number of para-hydroxylation sites is 1. The molecule has 0 aliphatic carbocycles. The summed E-state index contributed by atoms with van der Waals surface area (Å²) in [6.07, 6.45) is 7.86. The van der Waals surface area contributed by atoms with Crippen molar-refractivity contribution in [1.29, 1.82) is 0 Å². The van der Waals surface area contributed by atoms with Crippen LogP contribution < -0.4 is 10.1 Å². The maximum atomic E-state index is 12.9. The van der Waals surface area contributed by atoms with E-state index in [0.29, 0.717) is 24.2 Å². The van der Waals surface area contributed by atoms with Crippen LogP contribution in [0.15, 0.2) is 72.8 Å². The standard InChI is InChI=1S/C26H28N2O4/c1-32-22-14-8-7-13-19(22)24(29)21-16-15-20-23(27-21)26(31)28(25(20)30)17-9-3-6-12-18-10-4-2-5-11-18/h2-14,20-21,23-24,27,29H,15-17H2,1H3/b9-3+,12-6-/t20-,21-,23+,24-/m1/s1. The van der Waals surface area contributed by atoms with Gasteiger partial charge in [0, 0.05) is 18.2 Å². The Labute approximate surface area is 188 Å². The van der Waals surface area contributed by atoms with Crippen molar-refractivity contribution >= 4 is 17.9 Å². The summed E-state index contributed by atoms with van der Waals surface area (Å²) in [4.78, 5) is 27.1. The second-order valence-electron chi connectivity index (χ2n) is 8.11. The Morgan fingerprint density at radius 1 is 1.06 bits per heavy atom. The number of rotatable bonds is 7. The maximum Gasteiger partial charge on any atom is 0.247 e. The number of benzene rings is 2. The van der Waals surface area contributed by atoms with Crippen LogP contribution in [0.25, 0.3) is 6.08 Å². The molecule has 2 aliphatic rings. The van der Waals surface area contributed by atoms with Crippen molar-refractivity contribution in [1.82, 2.24) is 10.2 Å². The SMILES string of the molecule is COc1ccccc1[C@@H](O)[C@H]1CC[C@H]2C(=O)N(C/C=C/C=C\c3ccccc3)C(=O)[C@H]2N1.